The van der Waals surface area contributed by atoms with E-state index in [1.165, 1.54) is 0 Å². The van der Waals surface area contributed by atoms with E-state index in [2.05, 4.69) is 4.99 Å². The molecule has 2 aromatic carbocycles. The van der Waals surface area contributed by atoms with Gasteiger partial charge in [-0.3, -0.25) is 9.69 Å². The van der Waals surface area contributed by atoms with Crippen molar-refractivity contribution in [2.75, 3.05) is 12.3 Å². The summed E-state index contributed by atoms with van der Waals surface area (Å²) in [5, 5.41) is 1.41. The maximum Gasteiger partial charge on any atom is 0.252 e. The largest absolute Gasteiger partial charge is 0.287 e. The monoisotopic (exact) mass is 356 g/mol. The Bertz CT molecular complexity index is 802. The molecule has 0 atom stereocenters. The van der Waals surface area contributed by atoms with Gasteiger partial charge in [0.2, 0.25) is 0 Å². The zero-order valence-corrected chi connectivity index (χ0v) is 14.8. The van der Waals surface area contributed by atoms with E-state index in [4.69, 9.17) is 11.6 Å². The Morgan fingerprint density at radius 2 is 2.00 bits per heavy atom. The van der Waals surface area contributed by atoms with Gasteiger partial charge in [-0.05, 0) is 36.3 Å². The molecule has 3 rings (SSSR count). The van der Waals surface area contributed by atoms with E-state index in [9.17, 15) is 4.79 Å². The van der Waals surface area contributed by atoms with Gasteiger partial charge in [-0.2, -0.15) is 0 Å². The van der Waals surface area contributed by atoms with Gasteiger partial charge >= 0.3 is 0 Å². The molecule has 0 saturated carbocycles. The first-order valence-electron chi connectivity index (χ1n) is 7.66. The zero-order valence-electron chi connectivity index (χ0n) is 13.3. The highest BCUT2D eigenvalue weighted by Crippen LogP contribution is 2.29. The van der Waals surface area contributed by atoms with E-state index in [1.54, 1.807) is 22.7 Å². The summed E-state index contributed by atoms with van der Waals surface area (Å²) >= 11 is 7.74. The van der Waals surface area contributed by atoms with Crippen molar-refractivity contribution >= 4 is 46.2 Å². The lowest BCUT2D eigenvalue weighted by Gasteiger charge is -2.14. The number of hydrogen-bond donors (Lipinski definition) is 0. The number of nitrogens with zero attached hydrogens (tertiary/aromatic N) is 2. The molecule has 0 unspecified atom stereocenters. The number of amides is 1. The van der Waals surface area contributed by atoms with Crippen LogP contribution in [0.15, 0.2) is 59.6 Å². The standard InChI is InChI=1S/C19H17ClN2OS/c1-14-16(20)8-5-9-17(14)21-19-22(12-13-24-19)18(23)11-10-15-6-3-2-4-7-15/h2-11H,12-13H2,1H3/b11-10+,21-19?. The third kappa shape index (κ3) is 3.89. The second kappa shape index (κ2) is 7.69. The summed E-state index contributed by atoms with van der Waals surface area (Å²) in [7, 11) is 0. The molecule has 0 spiro atoms. The van der Waals surface area contributed by atoms with Crippen molar-refractivity contribution in [1.82, 2.24) is 4.90 Å². The van der Waals surface area contributed by atoms with Crippen molar-refractivity contribution < 1.29 is 4.79 Å². The molecule has 0 N–H and O–H groups in total. The van der Waals surface area contributed by atoms with Gasteiger partial charge in [0, 0.05) is 23.4 Å². The highest BCUT2D eigenvalue weighted by Gasteiger charge is 2.24. The predicted molar refractivity (Wildman–Crippen MR) is 103 cm³/mol. The summed E-state index contributed by atoms with van der Waals surface area (Å²) in [5.41, 5.74) is 2.73. The highest BCUT2D eigenvalue weighted by molar-refractivity contribution is 8.14. The third-order valence-electron chi connectivity index (χ3n) is 3.72. The van der Waals surface area contributed by atoms with Gasteiger partial charge < -0.3 is 0 Å². The molecule has 3 nitrogen and oxygen atoms in total. The van der Waals surface area contributed by atoms with Crippen LogP contribution in [0.1, 0.15) is 11.1 Å². The summed E-state index contributed by atoms with van der Waals surface area (Å²) in [5.74, 6) is 0.797. The number of carbonyl (C=O) groups excluding carboxylic acids is 1. The van der Waals surface area contributed by atoms with Crippen LogP contribution in [-0.4, -0.2) is 28.3 Å². The Labute approximate surface area is 151 Å². The van der Waals surface area contributed by atoms with Crippen LogP contribution < -0.4 is 0 Å². The van der Waals surface area contributed by atoms with Gasteiger partial charge in [0.15, 0.2) is 5.17 Å². The van der Waals surface area contributed by atoms with E-state index in [1.807, 2.05) is 61.5 Å². The first kappa shape index (κ1) is 16.8. The third-order valence-corrected chi connectivity index (χ3v) is 5.08. The van der Waals surface area contributed by atoms with Crippen LogP contribution in [0.25, 0.3) is 6.08 Å². The van der Waals surface area contributed by atoms with Crippen LogP contribution in [0, 0.1) is 6.92 Å². The molecule has 0 aromatic heterocycles. The first-order valence-corrected chi connectivity index (χ1v) is 9.03. The Balaban J connectivity index is 1.80. The zero-order chi connectivity index (χ0) is 16.9. The fourth-order valence-corrected chi connectivity index (χ4v) is 3.47. The maximum absolute atomic E-state index is 12.5. The second-order valence-corrected chi connectivity index (χ2v) is 6.83. The number of aliphatic imine (C=N–C) groups is 1. The quantitative estimate of drug-likeness (QED) is 0.731. The molecule has 1 aliphatic heterocycles. The Morgan fingerprint density at radius 3 is 2.79 bits per heavy atom. The van der Waals surface area contributed by atoms with Crippen LogP contribution in [0.2, 0.25) is 5.02 Å². The number of hydrogen-bond acceptors (Lipinski definition) is 3. The fourth-order valence-electron chi connectivity index (χ4n) is 2.34. The number of rotatable bonds is 3. The Morgan fingerprint density at radius 1 is 1.21 bits per heavy atom. The maximum atomic E-state index is 12.5. The van der Waals surface area contributed by atoms with Crippen molar-refractivity contribution in [3.8, 4) is 0 Å². The molecule has 122 valence electrons. The number of thioether (sulfide) groups is 1. The number of halogens is 1. The summed E-state index contributed by atoms with van der Waals surface area (Å²) in [4.78, 5) is 18.8. The molecule has 1 amide bonds. The van der Waals surface area contributed by atoms with E-state index < -0.39 is 0 Å². The minimum Gasteiger partial charge on any atom is -0.287 e. The van der Waals surface area contributed by atoms with Gasteiger partial charge in [-0.1, -0.05) is 59.8 Å². The molecule has 1 fully saturated rings. The Kier molecular flexibility index (Phi) is 5.38. The van der Waals surface area contributed by atoms with Crippen molar-refractivity contribution in [2.45, 2.75) is 6.92 Å². The molecule has 0 aliphatic carbocycles. The summed E-state index contributed by atoms with van der Waals surface area (Å²) < 4.78 is 0. The molecule has 1 aliphatic rings. The molecule has 1 heterocycles. The molecular weight excluding hydrogens is 340 g/mol. The van der Waals surface area contributed by atoms with Crippen molar-refractivity contribution in [2.24, 2.45) is 4.99 Å². The topological polar surface area (TPSA) is 32.7 Å². The Hall–Kier alpha value is -2.04. The minimum atomic E-state index is -0.0534. The second-order valence-electron chi connectivity index (χ2n) is 5.36. The number of amidine groups is 1. The van der Waals surface area contributed by atoms with Gasteiger partial charge in [0.1, 0.15) is 0 Å². The average Bonchev–Trinajstić information content (AvgIpc) is 3.06. The van der Waals surface area contributed by atoms with E-state index in [0.717, 1.165) is 27.7 Å². The molecule has 2 aromatic rings. The van der Waals surface area contributed by atoms with Gasteiger partial charge in [-0.25, -0.2) is 4.99 Å². The van der Waals surface area contributed by atoms with E-state index in [0.29, 0.717) is 11.6 Å². The highest BCUT2D eigenvalue weighted by atomic mass is 35.5. The average molecular weight is 357 g/mol. The normalized spacial score (nSPS) is 16.2. The lowest BCUT2D eigenvalue weighted by Crippen LogP contribution is -2.30. The van der Waals surface area contributed by atoms with Crippen LogP contribution in [-0.2, 0) is 4.79 Å². The molecule has 0 radical (unpaired) electrons. The molecule has 24 heavy (non-hydrogen) atoms. The van der Waals surface area contributed by atoms with Crippen LogP contribution in [0.3, 0.4) is 0 Å². The van der Waals surface area contributed by atoms with Gasteiger partial charge in [-0.15, -0.1) is 0 Å². The summed E-state index contributed by atoms with van der Waals surface area (Å²) in [6.07, 6.45) is 3.43. The molecular formula is C19H17ClN2OS. The molecule has 5 heteroatoms. The lowest BCUT2D eigenvalue weighted by atomic mass is 10.2. The molecule has 0 bridgehead atoms. The summed E-state index contributed by atoms with van der Waals surface area (Å²) in [6, 6.07) is 15.4. The number of benzene rings is 2. The number of carbonyl (C=O) groups is 1. The summed E-state index contributed by atoms with van der Waals surface area (Å²) in [6.45, 7) is 2.60. The van der Waals surface area contributed by atoms with E-state index in [-0.39, 0.29) is 5.91 Å². The SMILES string of the molecule is Cc1c(Cl)cccc1N=C1SCCN1C(=O)/C=C/c1ccccc1. The van der Waals surface area contributed by atoms with Crippen LogP contribution >= 0.6 is 23.4 Å². The van der Waals surface area contributed by atoms with E-state index >= 15 is 0 Å². The predicted octanol–water partition coefficient (Wildman–Crippen LogP) is 4.92. The van der Waals surface area contributed by atoms with Crippen molar-refractivity contribution in [1.29, 1.82) is 0 Å². The van der Waals surface area contributed by atoms with Gasteiger partial charge in [0.25, 0.3) is 5.91 Å². The first-order chi connectivity index (χ1) is 11.6. The molecule has 1 saturated heterocycles. The van der Waals surface area contributed by atoms with Crippen LogP contribution in [0.5, 0.6) is 0 Å². The van der Waals surface area contributed by atoms with Crippen molar-refractivity contribution in [3.05, 3.63) is 70.8 Å². The van der Waals surface area contributed by atoms with Gasteiger partial charge in [0.05, 0.1) is 5.69 Å². The van der Waals surface area contributed by atoms with Crippen LogP contribution in [0.4, 0.5) is 5.69 Å². The lowest BCUT2D eigenvalue weighted by molar-refractivity contribution is -0.121. The van der Waals surface area contributed by atoms with Crippen molar-refractivity contribution in [3.63, 3.8) is 0 Å². The fraction of sp³-hybridized carbons (Fsp3) is 0.158. The smallest absolute Gasteiger partial charge is 0.252 e. The minimum absolute atomic E-state index is 0.0534.